The SMILES string of the molecule is Cc1ccc(S(=O)(=O)[O-])cc1C[N+](C)(C)C. The van der Waals surface area contributed by atoms with Crippen LogP contribution in [0, 0.1) is 6.92 Å². The Kier molecular flexibility index (Phi) is 3.42. The van der Waals surface area contributed by atoms with Crippen LogP contribution in [0.5, 0.6) is 0 Å². The third-order valence-electron chi connectivity index (χ3n) is 2.25. The molecule has 0 aromatic heterocycles. The third-order valence-corrected chi connectivity index (χ3v) is 3.09. The first-order valence-corrected chi connectivity index (χ1v) is 6.36. The van der Waals surface area contributed by atoms with Crippen molar-refractivity contribution in [1.82, 2.24) is 0 Å². The summed E-state index contributed by atoms with van der Waals surface area (Å²) in [5.74, 6) is 0. The quantitative estimate of drug-likeness (QED) is 0.590. The van der Waals surface area contributed by atoms with E-state index in [2.05, 4.69) is 0 Å². The number of aryl methyl sites for hydroxylation is 1. The molecule has 16 heavy (non-hydrogen) atoms. The van der Waals surface area contributed by atoms with Crippen LogP contribution in [0.2, 0.25) is 0 Å². The normalized spacial score (nSPS) is 12.8. The molecular weight excluding hydrogens is 226 g/mol. The Bertz CT molecular complexity index is 486. The van der Waals surface area contributed by atoms with E-state index in [1.165, 1.54) is 12.1 Å². The fraction of sp³-hybridized carbons (Fsp3) is 0.455. The number of hydrogen-bond donors (Lipinski definition) is 0. The maximum absolute atomic E-state index is 10.9. The summed E-state index contributed by atoms with van der Waals surface area (Å²) in [7, 11) is 1.68. The number of rotatable bonds is 3. The van der Waals surface area contributed by atoms with E-state index in [0.717, 1.165) is 11.1 Å². The first-order chi connectivity index (χ1) is 7.09. The van der Waals surface area contributed by atoms with Gasteiger partial charge in [0.2, 0.25) is 0 Å². The summed E-state index contributed by atoms with van der Waals surface area (Å²) in [6.07, 6.45) is 0. The van der Waals surface area contributed by atoms with Crippen LogP contribution in [0.4, 0.5) is 0 Å². The van der Waals surface area contributed by atoms with E-state index in [1.54, 1.807) is 6.07 Å². The van der Waals surface area contributed by atoms with Crippen LogP contribution in [0.25, 0.3) is 0 Å². The number of nitrogens with zero attached hydrogens (tertiary/aromatic N) is 1. The minimum Gasteiger partial charge on any atom is -0.744 e. The van der Waals surface area contributed by atoms with Gasteiger partial charge >= 0.3 is 0 Å². The van der Waals surface area contributed by atoms with Gasteiger partial charge in [-0.15, -0.1) is 0 Å². The molecule has 0 unspecified atom stereocenters. The van der Waals surface area contributed by atoms with Crippen molar-refractivity contribution in [3.05, 3.63) is 29.3 Å². The van der Waals surface area contributed by atoms with Gasteiger partial charge in [-0.3, -0.25) is 0 Å². The van der Waals surface area contributed by atoms with Crippen molar-refractivity contribution < 1.29 is 17.5 Å². The monoisotopic (exact) mass is 243 g/mol. The lowest BCUT2D eigenvalue weighted by Gasteiger charge is -2.25. The average Bonchev–Trinajstić information content (AvgIpc) is 2.04. The topological polar surface area (TPSA) is 57.2 Å². The zero-order valence-electron chi connectivity index (χ0n) is 10.0. The van der Waals surface area contributed by atoms with E-state index in [-0.39, 0.29) is 4.90 Å². The molecule has 1 aromatic rings. The molecule has 90 valence electrons. The van der Waals surface area contributed by atoms with Gasteiger partial charge in [-0.2, -0.15) is 0 Å². The zero-order valence-corrected chi connectivity index (χ0v) is 10.8. The van der Waals surface area contributed by atoms with Crippen molar-refractivity contribution in [3.63, 3.8) is 0 Å². The molecule has 0 saturated carbocycles. The highest BCUT2D eigenvalue weighted by molar-refractivity contribution is 7.85. The van der Waals surface area contributed by atoms with E-state index >= 15 is 0 Å². The van der Waals surface area contributed by atoms with Crippen LogP contribution in [-0.2, 0) is 16.7 Å². The van der Waals surface area contributed by atoms with E-state index in [0.29, 0.717) is 11.0 Å². The molecule has 0 N–H and O–H groups in total. The third kappa shape index (κ3) is 3.59. The Morgan fingerprint density at radius 3 is 2.25 bits per heavy atom. The maximum Gasteiger partial charge on any atom is 0.124 e. The highest BCUT2D eigenvalue weighted by Gasteiger charge is 2.12. The van der Waals surface area contributed by atoms with Gasteiger partial charge in [0.1, 0.15) is 16.7 Å². The molecule has 1 rings (SSSR count). The summed E-state index contributed by atoms with van der Waals surface area (Å²) in [6.45, 7) is 2.60. The van der Waals surface area contributed by atoms with Crippen LogP contribution in [0.15, 0.2) is 23.1 Å². The Morgan fingerprint density at radius 1 is 1.25 bits per heavy atom. The standard InChI is InChI=1S/C11H17NO3S/c1-9-5-6-11(16(13,14)15)7-10(9)8-12(2,3)4/h5-7H,8H2,1-4H3. The molecular formula is C11H17NO3S. The molecule has 0 saturated heterocycles. The van der Waals surface area contributed by atoms with Crippen molar-refractivity contribution in [2.45, 2.75) is 18.4 Å². The zero-order chi connectivity index (χ0) is 12.6. The van der Waals surface area contributed by atoms with Crippen LogP contribution in [0.3, 0.4) is 0 Å². The molecule has 0 aliphatic carbocycles. The lowest BCUT2D eigenvalue weighted by Crippen LogP contribution is -2.33. The van der Waals surface area contributed by atoms with Crippen molar-refractivity contribution in [2.75, 3.05) is 21.1 Å². The number of benzene rings is 1. The molecule has 0 aliphatic heterocycles. The van der Waals surface area contributed by atoms with Gasteiger partial charge in [-0.1, -0.05) is 6.07 Å². The van der Waals surface area contributed by atoms with Crippen molar-refractivity contribution in [1.29, 1.82) is 0 Å². The second-order valence-corrected chi connectivity index (χ2v) is 6.37. The highest BCUT2D eigenvalue weighted by atomic mass is 32.2. The summed E-state index contributed by atoms with van der Waals surface area (Å²) >= 11 is 0. The van der Waals surface area contributed by atoms with Crippen molar-refractivity contribution in [2.24, 2.45) is 0 Å². The highest BCUT2D eigenvalue weighted by Crippen LogP contribution is 2.17. The fourth-order valence-electron chi connectivity index (χ4n) is 1.48. The van der Waals surface area contributed by atoms with Gasteiger partial charge in [0.15, 0.2) is 0 Å². The van der Waals surface area contributed by atoms with Gasteiger partial charge in [-0.05, 0) is 24.6 Å². The molecule has 0 bridgehead atoms. The Labute approximate surface area is 96.9 Å². The van der Waals surface area contributed by atoms with Gasteiger partial charge in [0.25, 0.3) is 0 Å². The van der Waals surface area contributed by atoms with Crippen molar-refractivity contribution in [3.8, 4) is 0 Å². The van der Waals surface area contributed by atoms with Crippen molar-refractivity contribution >= 4 is 10.1 Å². The maximum atomic E-state index is 10.9. The van der Waals surface area contributed by atoms with Crippen LogP contribution in [-0.4, -0.2) is 38.6 Å². The molecule has 0 amide bonds. The fourth-order valence-corrected chi connectivity index (χ4v) is 2.01. The summed E-state index contributed by atoms with van der Waals surface area (Å²) in [4.78, 5) is -0.151. The molecule has 0 atom stereocenters. The number of hydrogen-bond acceptors (Lipinski definition) is 3. The Hall–Kier alpha value is -0.910. The first kappa shape index (κ1) is 13.2. The van der Waals surface area contributed by atoms with E-state index in [4.69, 9.17) is 0 Å². The molecule has 1 aromatic carbocycles. The van der Waals surface area contributed by atoms with Gasteiger partial charge in [0, 0.05) is 5.56 Å². The van der Waals surface area contributed by atoms with Crippen LogP contribution < -0.4 is 0 Å². The lowest BCUT2D eigenvalue weighted by atomic mass is 10.1. The van der Waals surface area contributed by atoms with Gasteiger partial charge in [0.05, 0.1) is 26.0 Å². The largest absolute Gasteiger partial charge is 0.744 e. The minimum absolute atomic E-state index is 0.151. The van der Waals surface area contributed by atoms with Gasteiger partial charge in [-0.25, -0.2) is 8.42 Å². The van der Waals surface area contributed by atoms with Crippen LogP contribution >= 0.6 is 0 Å². The average molecular weight is 243 g/mol. The molecule has 5 heteroatoms. The summed E-state index contributed by atoms with van der Waals surface area (Å²) in [6, 6.07) is 4.51. The number of quaternary nitrogens is 1. The second-order valence-electron chi connectivity index (χ2n) is 4.99. The first-order valence-electron chi connectivity index (χ1n) is 4.95. The summed E-state index contributed by atoms with van der Waals surface area (Å²) in [5.41, 5.74) is 1.89. The Balaban J connectivity index is 3.20. The molecule has 0 aliphatic rings. The molecule has 0 heterocycles. The predicted octanol–water partition coefficient (Wildman–Crippen LogP) is 1.11. The lowest BCUT2D eigenvalue weighted by molar-refractivity contribution is -0.884. The van der Waals surface area contributed by atoms with Crippen LogP contribution in [0.1, 0.15) is 11.1 Å². The predicted molar refractivity (Wildman–Crippen MR) is 60.9 cm³/mol. The molecule has 0 spiro atoms. The smallest absolute Gasteiger partial charge is 0.124 e. The Morgan fingerprint density at radius 2 is 1.81 bits per heavy atom. The second kappa shape index (κ2) is 4.16. The molecule has 0 radical (unpaired) electrons. The van der Waals surface area contributed by atoms with Gasteiger partial charge < -0.3 is 9.04 Å². The van der Waals surface area contributed by atoms with E-state index < -0.39 is 10.1 Å². The summed E-state index contributed by atoms with van der Waals surface area (Å²) in [5, 5.41) is 0. The minimum atomic E-state index is -4.35. The van der Waals surface area contributed by atoms with E-state index in [1.807, 2.05) is 28.1 Å². The summed E-state index contributed by atoms with van der Waals surface area (Å²) < 4.78 is 33.4. The molecule has 0 fully saturated rings. The van der Waals surface area contributed by atoms with E-state index in [9.17, 15) is 13.0 Å². The molecule has 4 nitrogen and oxygen atoms in total.